The van der Waals surface area contributed by atoms with Crippen molar-refractivity contribution >= 4 is 30.8 Å². The Kier molecular flexibility index (Phi) is 3.13. The molecule has 3 heteroatoms. The Bertz CT molecular complexity index is 399. The molecule has 0 aliphatic carbocycles. The Balaban J connectivity index is 2.16. The van der Waals surface area contributed by atoms with Crippen LogP contribution in [0.3, 0.4) is 0 Å². The summed E-state index contributed by atoms with van der Waals surface area (Å²) in [6, 6.07) is 12.0. The van der Waals surface area contributed by atoms with E-state index in [2.05, 4.69) is 17.1 Å². The van der Waals surface area contributed by atoms with Crippen molar-refractivity contribution in [3.05, 3.63) is 53.8 Å². The molecular formula is C11H9ClNP. The molecule has 0 saturated carbocycles. The lowest BCUT2D eigenvalue weighted by molar-refractivity contribution is 1.34. The summed E-state index contributed by atoms with van der Waals surface area (Å²) < 4.78 is 0. The van der Waals surface area contributed by atoms with Crippen LogP contribution in [-0.2, 0) is 0 Å². The predicted molar refractivity (Wildman–Crippen MR) is 63.3 cm³/mol. The van der Waals surface area contributed by atoms with Crippen LogP contribution in [-0.4, -0.2) is 4.98 Å². The van der Waals surface area contributed by atoms with Crippen molar-refractivity contribution < 1.29 is 0 Å². The summed E-state index contributed by atoms with van der Waals surface area (Å²) in [6.07, 6.45) is 3.64. The molecular weight excluding hydrogens is 213 g/mol. The molecule has 70 valence electrons. The second-order valence-corrected chi connectivity index (χ2v) is 4.71. The number of hydrogen-bond acceptors (Lipinski definition) is 1. The van der Waals surface area contributed by atoms with E-state index in [-0.39, 0.29) is 0 Å². The van der Waals surface area contributed by atoms with Crippen molar-refractivity contribution in [2.75, 3.05) is 0 Å². The van der Waals surface area contributed by atoms with Crippen molar-refractivity contribution in [1.82, 2.24) is 4.98 Å². The van der Waals surface area contributed by atoms with Gasteiger partial charge < -0.3 is 0 Å². The van der Waals surface area contributed by atoms with E-state index in [0.29, 0.717) is 8.58 Å². The van der Waals surface area contributed by atoms with E-state index in [0.717, 1.165) is 5.02 Å². The summed E-state index contributed by atoms with van der Waals surface area (Å²) in [5, 5.41) is 3.37. The smallest absolute Gasteiger partial charge is 0.0406 e. The van der Waals surface area contributed by atoms with Crippen LogP contribution < -0.4 is 10.6 Å². The fraction of sp³-hybridized carbons (Fsp3) is 0. The lowest BCUT2D eigenvalue weighted by Gasteiger charge is -2.01. The van der Waals surface area contributed by atoms with Gasteiger partial charge in [-0.05, 0) is 34.9 Å². The first kappa shape index (κ1) is 9.64. The molecule has 0 fully saturated rings. The minimum absolute atomic E-state index is 0.674. The minimum atomic E-state index is 0.674. The largest absolute Gasteiger partial charge is 0.265 e. The van der Waals surface area contributed by atoms with Crippen LogP contribution in [0.15, 0.2) is 48.8 Å². The van der Waals surface area contributed by atoms with Crippen LogP contribution in [0.1, 0.15) is 0 Å². The van der Waals surface area contributed by atoms with Gasteiger partial charge >= 0.3 is 0 Å². The number of pyridine rings is 1. The van der Waals surface area contributed by atoms with Crippen molar-refractivity contribution in [1.29, 1.82) is 0 Å². The molecule has 0 aliphatic rings. The van der Waals surface area contributed by atoms with Gasteiger partial charge in [-0.3, -0.25) is 4.98 Å². The lowest BCUT2D eigenvalue weighted by atomic mass is 10.4. The fourth-order valence-corrected chi connectivity index (χ4v) is 2.24. The molecule has 0 N–H and O–H groups in total. The molecule has 0 saturated heterocycles. The van der Waals surface area contributed by atoms with Gasteiger partial charge in [0.05, 0.1) is 0 Å². The maximum absolute atomic E-state index is 5.81. The summed E-state index contributed by atoms with van der Waals surface area (Å²) >= 11 is 5.81. The molecule has 0 radical (unpaired) electrons. The van der Waals surface area contributed by atoms with Crippen molar-refractivity contribution in [3.8, 4) is 0 Å². The summed E-state index contributed by atoms with van der Waals surface area (Å²) in [7, 11) is 0.674. The van der Waals surface area contributed by atoms with Crippen LogP contribution in [0, 0.1) is 0 Å². The highest BCUT2D eigenvalue weighted by molar-refractivity contribution is 7.55. The fourth-order valence-electron chi connectivity index (χ4n) is 1.14. The molecule has 1 nitrogen and oxygen atoms in total. The highest BCUT2D eigenvalue weighted by Gasteiger charge is 1.95. The van der Waals surface area contributed by atoms with Gasteiger partial charge in [-0.25, -0.2) is 0 Å². The van der Waals surface area contributed by atoms with Crippen LogP contribution in [0.25, 0.3) is 0 Å². The molecule has 1 unspecified atom stereocenters. The molecule has 2 rings (SSSR count). The number of hydrogen-bond donors (Lipinski definition) is 0. The zero-order valence-electron chi connectivity index (χ0n) is 7.44. The molecule has 0 spiro atoms. The van der Waals surface area contributed by atoms with Gasteiger partial charge in [0.15, 0.2) is 0 Å². The van der Waals surface area contributed by atoms with E-state index in [1.165, 1.54) is 10.6 Å². The Morgan fingerprint density at radius 3 is 2.07 bits per heavy atom. The third-order valence-corrected chi connectivity index (χ3v) is 3.31. The molecule has 1 heterocycles. The second kappa shape index (κ2) is 4.54. The molecule has 1 aromatic carbocycles. The minimum Gasteiger partial charge on any atom is -0.265 e. The topological polar surface area (TPSA) is 12.9 Å². The van der Waals surface area contributed by atoms with Crippen molar-refractivity contribution in [3.63, 3.8) is 0 Å². The number of rotatable bonds is 2. The van der Waals surface area contributed by atoms with Gasteiger partial charge in [-0.2, -0.15) is 0 Å². The van der Waals surface area contributed by atoms with Crippen LogP contribution in [0.2, 0.25) is 5.02 Å². The zero-order chi connectivity index (χ0) is 9.80. The molecule has 0 amide bonds. The number of nitrogens with zero attached hydrogens (tertiary/aromatic N) is 1. The molecule has 1 aromatic heterocycles. The maximum Gasteiger partial charge on any atom is 0.0406 e. The average Bonchev–Trinajstić information content (AvgIpc) is 2.23. The van der Waals surface area contributed by atoms with E-state index >= 15 is 0 Å². The standard InChI is InChI=1S/C11H9ClNP/c12-9-1-3-10(4-2-9)14-11-5-7-13-8-6-11/h1-8,14H. The van der Waals surface area contributed by atoms with E-state index in [4.69, 9.17) is 11.6 Å². The highest BCUT2D eigenvalue weighted by atomic mass is 35.5. The predicted octanol–water partition coefficient (Wildman–Crippen LogP) is 2.36. The molecule has 0 bridgehead atoms. The van der Waals surface area contributed by atoms with Crippen LogP contribution >= 0.6 is 20.2 Å². The van der Waals surface area contributed by atoms with Gasteiger partial charge in [0, 0.05) is 17.4 Å². The second-order valence-electron chi connectivity index (χ2n) is 2.87. The molecule has 0 aliphatic heterocycles. The summed E-state index contributed by atoms with van der Waals surface area (Å²) in [4.78, 5) is 3.98. The Morgan fingerprint density at radius 2 is 1.43 bits per heavy atom. The summed E-state index contributed by atoms with van der Waals surface area (Å²) in [5.41, 5.74) is 0. The van der Waals surface area contributed by atoms with E-state index < -0.39 is 0 Å². The van der Waals surface area contributed by atoms with Gasteiger partial charge in [-0.1, -0.05) is 32.3 Å². The molecule has 2 aromatic rings. The molecule has 14 heavy (non-hydrogen) atoms. The average molecular weight is 222 g/mol. The van der Waals surface area contributed by atoms with E-state index in [1.54, 1.807) is 0 Å². The zero-order valence-corrected chi connectivity index (χ0v) is 9.20. The number of aromatic nitrogens is 1. The first-order valence-corrected chi connectivity index (χ1v) is 5.65. The highest BCUT2D eigenvalue weighted by Crippen LogP contribution is 2.12. The lowest BCUT2D eigenvalue weighted by Crippen LogP contribution is -2.02. The Hall–Kier alpha value is -0.910. The quantitative estimate of drug-likeness (QED) is 0.710. The number of halogens is 1. The SMILES string of the molecule is Clc1ccc(Pc2ccncc2)cc1. The first-order valence-electron chi connectivity index (χ1n) is 4.27. The first-order chi connectivity index (χ1) is 6.84. The van der Waals surface area contributed by atoms with Crippen LogP contribution in [0.5, 0.6) is 0 Å². The van der Waals surface area contributed by atoms with Gasteiger partial charge in [0.1, 0.15) is 0 Å². The van der Waals surface area contributed by atoms with Gasteiger partial charge in [0.2, 0.25) is 0 Å². The van der Waals surface area contributed by atoms with Gasteiger partial charge in [0.25, 0.3) is 0 Å². The maximum atomic E-state index is 5.81. The van der Waals surface area contributed by atoms with E-state index in [1.807, 2.05) is 36.7 Å². The monoisotopic (exact) mass is 221 g/mol. The van der Waals surface area contributed by atoms with Crippen molar-refractivity contribution in [2.45, 2.75) is 0 Å². The normalized spacial score (nSPS) is 10.9. The van der Waals surface area contributed by atoms with Gasteiger partial charge in [-0.15, -0.1) is 0 Å². The summed E-state index contributed by atoms with van der Waals surface area (Å²) in [6.45, 7) is 0. The molecule has 1 atom stereocenters. The van der Waals surface area contributed by atoms with Crippen LogP contribution in [0.4, 0.5) is 0 Å². The van der Waals surface area contributed by atoms with E-state index in [9.17, 15) is 0 Å². The Morgan fingerprint density at radius 1 is 0.857 bits per heavy atom. The summed E-state index contributed by atoms with van der Waals surface area (Å²) in [5.74, 6) is 0. The Labute approximate surface area is 89.9 Å². The third kappa shape index (κ3) is 2.54. The number of benzene rings is 1. The third-order valence-electron chi connectivity index (χ3n) is 1.81. The van der Waals surface area contributed by atoms with Crippen molar-refractivity contribution in [2.24, 2.45) is 0 Å².